The van der Waals surface area contributed by atoms with Crippen molar-refractivity contribution in [2.45, 2.75) is 0 Å². The van der Waals surface area contributed by atoms with Gasteiger partial charge in [0.25, 0.3) is 0 Å². The van der Waals surface area contributed by atoms with E-state index in [1.54, 1.807) is 0 Å². The van der Waals surface area contributed by atoms with Gasteiger partial charge in [-0.1, -0.05) is 0 Å². The van der Waals surface area contributed by atoms with Crippen LogP contribution in [0.3, 0.4) is 0 Å². The van der Waals surface area contributed by atoms with Gasteiger partial charge in [0.05, 0.1) is 0 Å². The van der Waals surface area contributed by atoms with E-state index in [-0.39, 0.29) is 0 Å². The molecule has 0 N–H and O–H groups in total. The quantitative estimate of drug-likeness (QED) is 0.377. The predicted molar refractivity (Wildman–Crippen MR) is 78.6 cm³/mol. The van der Waals surface area contributed by atoms with Crippen molar-refractivity contribution in [3.63, 3.8) is 0 Å². The summed E-state index contributed by atoms with van der Waals surface area (Å²) >= 11 is 26.2. The van der Waals surface area contributed by atoms with Crippen molar-refractivity contribution in [2.24, 2.45) is 0 Å². The van der Waals surface area contributed by atoms with Crippen LogP contribution in [0.1, 0.15) is 0 Å². The molecule has 0 aliphatic rings. The van der Waals surface area contributed by atoms with Gasteiger partial charge < -0.3 is 0 Å². The zero-order valence-corrected chi connectivity index (χ0v) is 14.7. The van der Waals surface area contributed by atoms with Gasteiger partial charge in [0, 0.05) is 0 Å². The Labute approximate surface area is 101 Å². The van der Waals surface area contributed by atoms with Crippen LogP contribution < -0.4 is 0 Å². The second-order valence-electron chi connectivity index (χ2n) is 5.23. The second kappa shape index (κ2) is 2.92. The van der Waals surface area contributed by atoms with E-state index in [1.165, 1.54) is 0 Å². The van der Waals surface area contributed by atoms with Gasteiger partial charge in [-0.05, 0) is 0 Å². The van der Waals surface area contributed by atoms with Crippen LogP contribution in [0.25, 0.3) is 0 Å². The van der Waals surface area contributed by atoms with Gasteiger partial charge in [-0.3, -0.25) is 0 Å². The van der Waals surface area contributed by atoms with Crippen LogP contribution in [0.5, 0.6) is 0 Å². The van der Waals surface area contributed by atoms with Crippen molar-refractivity contribution in [2.75, 3.05) is 40.0 Å². The fourth-order valence-electron chi connectivity index (χ4n) is 0.900. The molecule has 0 heterocycles. The molecule has 0 aliphatic carbocycles. The molecule has 7 heteroatoms. The van der Waals surface area contributed by atoms with Crippen LogP contribution >= 0.6 is 57.9 Å². The van der Waals surface area contributed by atoms with Crippen LogP contribution in [0.4, 0.5) is 0 Å². The summed E-state index contributed by atoms with van der Waals surface area (Å²) in [5.41, 5.74) is 0. The van der Waals surface area contributed by atoms with E-state index in [9.17, 15) is 0 Å². The maximum absolute atomic E-state index is 6.55. The molecule has 0 spiro atoms. The number of hydrogen-bond donors (Lipinski definition) is 0. The van der Waals surface area contributed by atoms with Gasteiger partial charge in [-0.2, -0.15) is 0 Å². The monoisotopic (exact) mass is 320 g/mol. The van der Waals surface area contributed by atoms with Crippen molar-refractivity contribution in [1.29, 1.82) is 0 Å². The molecule has 0 aliphatic heterocycles. The van der Waals surface area contributed by atoms with Crippen molar-refractivity contribution in [1.82, 2.24) is 0 Å². The molecule has 0 bridgehead atoms. The maximum atomic E-state index is 6.55. The summed E-state index contributed by atoms with van der Waals surface area (Å²) in [6.07, 6.45) is 0. The summed E-state index contributed by atoms with van der Waals surface area (Å²) in [7, 11) is 0. The topological polar surface area (TPSA) is 0 Å². The van der Waals surface area contributed by atoms with E-state index >= 15 is 0 Å². The summed E-state index contributed by atoms with van der Waals surface area (Å²) < 4.78 is -4.38. The minimum absolute atomic E-state index is 1.70. The van der Waals surface area contributed by atoms with Crippen LogP contribution in [0.15, 0.2) is 0 Å². The molecule has 0 rings (SSSR count). The average molecular weight is 322 g/mol. The number of hydrogen-bond acceptors (Lipinski definition) is 0. The van der Waals surface area contributed by atoms with Gasteiger partial charge >= 0.3 is 101 Å². The van der Waals surface area contributed by atoms with Crippen molar-refractivity contribution in [3.8, 4) is 0 Å². The summed E-state index contributed by atoms with van der Waals surface area (Å²) in [4.78, 5) is 0. The predicted octanol–water partition coefficient (Wildman–Crippen LogP) is 5.09. The molecular weight excluding hydrogens is 304 g/mol. The first-order valence-corrected chi connectivity index (χ1v) is 18.9. The van der Waals surface area contributed by atoms with E-state index in [0.29, 0.717) is 0 Å². The molecule has 13 heavy (non-hydrogen) atoms. The molecule has 84 valence electrons. The van der Waals surface area contributed by atoms with Gasteiger partial charge in [0.2, 0.25) is 0 Å². The Morgan fingerprint density at radius 3 is 0.769 bits per heavy atom. The Balaban J connectivity index is 5.86. The zero-order valence-electron chi connectivity index (χ0n) is 8.91. The summed E-state index contributed by atoms with van der Waals surface area (Å²) in [5, 5.41) is 0. The summed E-state index contributed by atoms with van der Waals surface area (Å²) in [6.45, 7) is 8.70. The van der Waals surface area contributed by atoms with Gasteiger partial charge in [0.1, 0.15) is 0 Å². The van der Waals surface area contributed by atoms with E-state index in [4.69, 9.17) is 44.3 Å². The number of rotatable bonds is 2. The molecule has 0 saturated heterocycles. The van der Waals surface area contributed by atoms with Gasteiger partial charge in [-0.25, -0.2) is 0 Å². The van der Waals surface area contributed by atoms with Crippen LogP contribution in [0.2, 0.25) is 0 Å². The Morgan fingerprint density at radius 2 is 0.769 bits per heavy atom. The summed E-state index contributed by atoms with van der Waals surface area (Å²) in [5.74, 6) is 0. The van der Waals surface area contributed by atoms with Crippen molar-refractivity contribution in [3.05, 3.63) is 0 Å². The molecule has 0 radical (unpaired) electrons. The van der Waals surface area contributed by atoms with Crippen LogP contribution in [-0.4, -0.2) is 43.2 Å². The Morgan fingerprint density at radius 1 is 0.615 bits per heavy atom. The molecule has 0 aromatic rings. The molecular formula is C6H18Cl4P2Si. The average Bonchev–Trinajstić information content (AvgIpc) is 1.51. The molecule has 0 saturated carbocycles. The minimum atomic E-state index is -4.38. The van der Waals surface area contributed by atoms with Crippen molar-refractivity contribution < 1.29 is 0 Å². The number of halogens is 4. The second-order valence-corrected chi connectivity index (χ2v) is 52.7. The Hall–Kier alpha value is 2.24. The molecule has 0 unspecified atom stereocenters. The first-order valence-electron chi connectivity index (χ1n) is 3.89. The zero-order chi connectivity index (χ0) is 11.4. The standard InChI is InChI=1S/C6H18Cl4P2Si/c1-11(2,3)13(7,8,9,10)12(4,5)6/h1-6H3. The van der Waals surface area contributed by atoms with E-state index < -0.39 is 16.8 Å². The molecule has 0 amide bonds. The normalized spacial score (nSPS) is 20.8. The third-order valence-electron chi connectivity index (χ3n) is 2.63. The van der Waals surface area contributed by atoms with Crippen LogP contribution in [0, 0.1) is 0 Å². The Bertz CT molecular complexity index is 209. The van der Waals surface area contributed by atoms with E-state index in [0.717, 1.165) is 0 Å². The van der Waals surface area contributed by atoms with Crippen molar-refractivity contribution >= 4 is 61.1 Å². The fourth-order valence-corrected chi connectivity index (χ4v) is 24.3. The van der Waals surface area contributed by atoms with E-state index in [1.807, 2.05) is 40.0 Å². The van der Waals surface area contributed by atoms with E-state index in [2.05, 4.69) is 0 Å². The molecule has 0 aromatic carbocycles. The van der Waals surface area contributed by atoms with Gasteiger partial charge in [0.15, 0.2) is 0 Å². The first-order chi connectivity index (χ1) is 5.04. The van der Waals surface area contributed by atoms with Crippen LogP contribution in [-0.2, 0) is 0 Å². The molecule has 0 fully saturated rings. The summed E-state index contributed by atoms with van der Waals surface area (Å²) in [6, 6.07) is 0. The third kappa shape index (κ3) is 2.05. The SMILES string of the molecule is C[P+](C)(C)[Si-2](Cl)(Cl)(Cl)(Cl)[P+](C)(C)C. The fraction of sp³-hybridized carbons (Fsp3) is 1.00. The van der Waals surface area contributed by atoms with Gasteiger partial charge in [-0.15, -0.1) is 0 Å². The first kappa shape index (κ1) is 15.2. The molecule has 0 atom stereocenters. The molecule has 0 nitrogen and oxygen atoms in total. The Kier molecular flexibility index (Phi) is 3.42. The third-order valence-corrected chi connectivity index (χ3v) is 71.0. The molecule has 0 aromatic heterocycles.